The van der Waals surface area contributed by atoms with Crippen LogP contribution >= 0.6 is 0 Å². The van der Waals surface area contributed by atoms with Crippen molar-refractivity contribution in [2.24, 2.45) is 0 Å². The summed E-state index contributed by atoms with van der Waals surface area (Å²) in [4.78, 5) is 22.5. The van der Waals surface area contributed by atoms with Crippen LogP contribution in [0.15, 0.2) is 30.6 Å². The van der Waals surface area contributed by atoms with Gasteiger partial charge in [0.05, 0.1) is 23.9 Å². The Morgan fingerprint density at radius 1 is 1.15 bits per heavy atom. The summed E-state index contributed by atoms with van der Waals surface area (Å²) >= 11 is 0. The first-order chi connectivity index (χ1) is 12.7. The zero-order valence-corrected chi connectivity index (χ0v) is 14.0. The number of nitriles is 2. The van der Waals surface area contributed by atoms with Gasteiger partial charge < -0.3 is 4.90 Å². The summed E-state index contributed by atoms with van der Waals surface area (Å²) in [5.74, 6) is 0.255. The molecule has 9 nitrogen and oxygen atoms in total. The van der Waals surface area contributed by atoms with Gasteiger partial charge in [-0.05, 0) is 18.2 Å². The fourth-order valence-electron chi connectivity index (χ4n) is 3.35. The Morgan fingerprint density at radius 3 is 2.81 bits per heavy atom. The number of piperazine rings is 2. The van der Waals surface area contributed by atoms with Gasteiger partial charge in [-0.25, -0.2) is 4.68 Å². The van der Waals surface area contributed by atoms with Crippen LogP contribution in [-0.2, 0) is 4.79 Å². The van der Waals surface area contributed by atoms with Crippen LogP contribution in [0, 0.1) is 22.8 Å². The van der Waals surface area contributed by atoms with Gasteiger partial charge >= 0.3 is 0 Å². The van der Waals surface area contributed by atoms with E-state index in [1.54, 1.807) is 32.7 Å². The maximum atomic E-state index is 12.9. The van der Waals surface area contributed by atoms with Gasteiger partial charge in [0.1, 0.15) is 12.4 Å². The Bertz CT molecular complexity index is 923. The lowest BCUT2D eigenvalue weighted by Gasteiger charge is -2.44. The summed E-state index contributed by atoms with van der Waals surface area (Å²) in [5.41, 5.74) is 1.24. The summed E-state index contributed by atoms with van der Waals surface area (Å²) in [6.07, 6.45) is 3.66. The average molecular weight is 348 g/mol. The zero-order chi connectivity index (χ0) is 18.1. The van der Waals surface area contributed by atoms with Crippen LogP contribution in [0.2, 0.25) is 0 Å². The van der Waals surface area contributed by atoms with E-state index in [1.807, 2.05) is 6.07 Å². The Kier molecular flexibility index (Phi) is 3.99. The Hall–Kier alpha value is -3.43. The number of benzene rings is 1. The van der Waals surface area contributed by atoms with Crippen LogP contribution in [0.3, 0.4) is 0 Å². The number of nitrogens with zero attached hydrogens (tertiary/aromatic N) is 8. The molecule has 0 radical (unpaired) electrons. The molecule has 0 saturated carbocycles. The molecule has 0 N–H and O–H groups in total. The van der Waals surface area contributed by atoms with E-state index in [9.17, 15) is 4.79 Å². The van der Waals surface area contributed by atoms with Crippen molar-refractivity contribution in [2.75, 3.05) is 37.6 Å². The highest BCUT2D eigenvalue weighted by molar-refractivity contribution is 5.96. The van der Waals surface area contributed by atoms with Crippen molar-refractivity contribution >= 4 is 11.9 Å². The minimum Gasteiger partial charge on any atom is -0.307 e. The van der Waals surface area contributed by atoms with E-state index in [-0.39, 0.29) is 11.9 Å². The molecule has 26 heavy (non-hydrogen) atoms. The van der Waals surface area contributed by atoms with Crippen molar-refractivity contribution in [1.29, 1.82) is 10.5 Å². The molecule has 0 spiro atoms. The predicted molar refractivity (Wildman–Crippen MR) is 91.0 cm³/mol. The summed E-state index contributed by atoms with van der Waals surface area (Å²) in [7, 11) is 0. The van der Waals surface area contributed by atoms with Gasteiger partial charge in [-0.15, -0.1) is 5.10 Å². The van der Waals surface area contributed by atoms with E-state index in [0.29, 0.717) is 43.4 Å². The lowest BCUT2D eigenvalue weighted by atomic mass is 10.1. The molecule has 0 aliphatic carbocycles. The molecule has 0 unspecified atom stereocenters. The van der Waals surface area contributed by atoms with Crippen molar-refractivity contribution in [3.8, 4) is 17.9 Å². The predicted octanol–water partition coefficient (Wildman–Crippen LogP) is -0.0471. The second kappa shape index (κ2) is 6.47. The van der Waals surface area contributed by atoms with Gasteiger partial charge in [0, 0.05) is 26.2 Å². The zero-order valence-electron chi connectivity index (χ0n) is 14.0. The largest absolute Gasteiger partial charge is 0.307 e. The quantitative estimate of drug-likeness (QED) is 0.701. The fourth-order valence-corrected chi connectivity index (χ4v) is 3.35. The summed E-state index contributed by atoms with van der Waals surface area (Å²) in [6, 6.07) is 8.78. The van der Waals surface area contributed by atoms with Crippen molar-refractivity contribution in [3.05, 3.63) is 36.2 Å². The second-order valence-electron chi connectivity index (χ2n) is 6.24. The molecule has 1 atom stereocenters. The normalized spacial score (nSPS) is 20.4. The highest BCUT2D eigenvalue weighted by atomic mass is 16.2. The molecular formula is C17H16N8O. The van der Waals surface area contributed by atoms with E-state index < -0.39 is 0 Å². The fraction of sp³-hybridized carbons (Fsp3) is 0.353. The topological polar surface area (TPSA) is 105 Å². The third-order valence-corrected chi connectivity index (χ3v) is 4.76. The number of hydrogen-bond acceptors (Lipinski definition) is 7. The summed E-state index contributed by atoms with van der Waals surface area (Å²) in [5, 5.41) is 22.5. The first-order valence-corrected chi connectivity index (χ1v) is 8.32. The van der Waals surface area contributed by atoms with Crippen molar-refractivity contribution in [2.45, 2.75) is 6.04 Å². The third-order valence-electron chi connectivity index (χ3n) is 4.76. The summed E-state index contributed by atoms with van der Waals surface area (Å²) < 4.78 is 1.55. The van der Waals surface area contributed by atoms with Crippen LogP contribution in [-0.4, -0.2) is 69.2 Å². The van der Waals surface area contributed by atoms with Gasteiger partial charge in [-0.1, -0.05) is 6.07 Å². The molecule has 3 heterocycles. The summed E-state index contributed by atoms with van der Waals surface area (Å²) in [6.45, 7) is 3.01. The number of hydrogen-bond donors (Lipinski definition) is 0. The second-order valence-corrected chi connectivity index (χ2v) is 6.24. The molecule has 2 fully saturated rings. The maximum Gasteiger partial charge on any atom is 0.251 e. The van der Waals surface area contributed by atoms with Gasteiger partial charge in [0.25, 0.3) is 5.95 Å². The van der Waals surface area contributed by atoms with Crippen LogP contribution in [0.4, 0.5) is 5.95 Å². The molecule has 2 aromatic rings. The minimum absolute atomic E-state index is 0.0836. The highest BCUT2D eigenvalue weighted by Crippen LogP contribution is 2.21. The molecule has 4 rings (SSSR count). The molecule has 130 valence electrons. The standard InChI is InChI=1S/C17H16N8O/c18-9-13-2-1-3-14(8-13)25-12-20-17(21-25)24-7-6-23-5-4-22(11-19)10-15(23)16(24)26/h1-3,8,12,15H,4-7,10H2/t15-/m1/s1. The number of carbonyl (C=O) groups excluding carboxylic acids is 1. The first-order valence-electron chi connectivity index (χ1n) is 8.32. The molecule has 1 aromatic carbocycles. The van der Waals surface area contributed by atoms with Gasteiger partial charge in [-0.3, -0.25) is 14.6 Å². The molecule has 1 amide bonds. The van der Waals surface area contributed by atoms with Crippen molar-refractivity contribution in [3.63, 3.8) is 0 Å². The highest BCUT2D eigenvalue weighted by Gasteiger charge is 2.40. The Balaban J connectivity index is 1.57. The van der Waals surface area contributed by atoms with Crippen molar-refractivity contribution in [1.82, 2.24) is 24.6 Å². The molecular weight excluding hydrogens is 332 g/mol. The Morgan fingerprint density at radius 2 is 2.00 bits per heavy atom. The molecule has 2 aliphatic rings. The van der Waals surface area contributed by atoms with Gasteiger partial charge in [0.2, 0.25) is 5.91 Å². The average Bonchev–Trinajstić information content (AvgIpc) is 3.18. The van der Waals surface area contributed by atoms with Crippen LogP contribution in [0.1, 0.15) is 5.56 Å². The number of aromatic nitrogens is 3. The van der Waals surface area contributed by atoms with E-state index in [0.717, 1.165) is 6.54 Å². The molecule has 9 heteroatoms. The number of anilines is 1. The number of carbonyl (C=O) groups is 1. The van der Waals surface area contributed by atoms with Crippen molar-refractivity contribution < 1.29 is 4.79 Å². The molecule has 2 aliphatic heterocycles. The van der Waals surface area contributed by atoms with E-state index >= 15 is 0 Å². The Labute approximate surface area is 150 Å². The third kappa shape index (κ3) is 2.75. The number of amides is 1. The number of fused-ring (bicyclic) bond motifs is 1. The SMILES string of the molecule is N#Cc1cccc(-n2cnc(N3CCN4CCN(C#N)C[C@@H]4C3=O)n2)c1. The smallest absolute Gasteiger partial charge is 0.251 e. The van der Waals surface area contributed by atoms with Crippen LogP contribution in [0.25, 0.3) is 5.69 Å². The van der Waals surface area contributed by atoms with E-state index in [2.05, 4.69) is 27.2 Å². The lowest BCUT2D eigenvalue weighted by molar-refractivity contribution is -0.128. The first kappa shape index (κ1) is 16.1. The minimum atomic E-state index is -0.342. The van der Waals surface area contributed by atoms with Gasteiger partial charge in [0.15, 0.2) is 6.19 Å². The van der Waals surface area contributed by atoms with E-state index in [1.165, 1.54) is 6.33 Å². The monoisotopic (exact) mass is 348 g/mol. The maximum absolute atomic E-state index is 12.9. The van der Waals surface area contributed by atoms with Gasteiger partial charge in [-0.2, -0.15) is 15.5 Å². The number of rotatable bonds is 2. The molecule has 0 bridgehead atoms. The van der Waals surface area contributed by atoms with Crippen LogP contribution < -0.4 is 4.90 Å². The van der Waals surface area contributed by atoms with E-state index in [4.69, 9.17) is 10.5 Å². The lowest BCUT2D eigenvalue weighted by Crippen LogP contribution is -2.64. The molecule has 1 aromatic heterocycles. The van der Waals surface area contributed by atoms with Crippen LogP contribution in [0.5, 0.6) is 0 Å². The molecule has 2 saturated heterocycles.